The van der Waals surface area contributed by atoms with Gasteiger partial charge in [0.15, 0.2) is 5.82 Å². The SMILES string of the molecule is CC(C)(C)c1noc(-c2cccnc2N2CCC(N)C2)n1. The zero-order valence-electron chi connectivity index (χ0n) is 12.7. The van der Waals surface area contributed by atoms with Crippen molar-refractivity contribution in [1.82, 2.24) is 15.1 Å². The van der Waals surface area contributed by atoms with E-state index >= 15 is 0 Å². The summed E-state index contributed by atoms with van der Waals surface area (Å²) in [5, 5.41) is 4.09. The van der Waals surface area contributed by atoms with Gasteiger partial charge in [-0.15, -0.1) is 0 Å². The number of nitrogens with zero attached hydrogens (tertiary/aromatic N) is 4. The van der Waals surface area contributed by atoms with Crippen molar-refractivity contribution >= 4 is 5.82 Å². The van der Waals surface area contributed by atoms with Crippen LogP contribution in [0.1, 0.15) is 33.0 Å². The molecule has 0 radical (unpaired) electrons. The van der Waals surface area contributed by atoms with Gasteiger partial charge >= 0.3 is 0 Å². The molecular formula is C15H21N5O. The first-order valence-corrected chi connectivity index (χ1v) is 7.25. The molecule has 3 rings (SSSR count). The van der Waals surface area contributed by atoms with Crippen LogP contribution in [0, 0.1) is 0 Å². The van der Waals surface area contributed by atoms with Crippen molar-refractivity contribution in [3.63, 3.8) is 0 Å². The van der Waals surface area contributed by atoms with Crippen LogP contribution in [0.15, 0.2) is 22.9 Å². The molecule has 3 heterocycles. The van der Waals surface area contributed by atoms with Crippen LogP contribution in [0.25, 0.3) is 11.5 Å². The van der Waals surface area contributed by atoms with E-state index in [0.29, 0.717) is 11.7 Å². The zero-order chi connectivity index (χ0) is 15.0. The molecular weight excluding hydrogens is 266 g/mol. The predicted octanol–water partition coefficient (Wildman–Crippen LogP) is 1.97. The number of anilines is 1. The summed E-state index contributed by atoms with van der Waals surface area (Å²) in [6, 6.07) is 4.05. The summed E-state index contributed by atoms with van der Waals surface area (Å²) in [5.41, 5.74) is 6.72. The van der Waals surface area contributed by atoms with Crippen LogP contribution in [0.3, 0.4) is 0 Å². The number of aromatic nitrogens is 3. The standard InChI is InChI=1S/C15H21N5O/c1-15(2,3)14-18-13(21-19-14)11-5-4-7-17-12(11)20-8-6-10(16)9-20/h4-5,7,10H,6,8-9,16H2,1-3H3. The summed E-state index contributed by atoms with van der Waals surface area (Å²) in [5.74, 6) is 2.09. The van der Waals surface area contributed by atoms with Crippen LogP contribution in [0.2, 0.25) is 0 Å². The van der Waals surface area contributed by atoms with Gasteiger partial charge in [-0.2, -0.15) is 4.98 Å². The number of pyridine rings is 1. The molecule has 1 aliphatic rings. The maximum absolute atomic E-state index is 5.99. The topological polar surface area (TPSA) is 81.1 Å². The highest BCUT2D eigenvalue weighted by Crippen LogP contribution is 2.31. The third-order valence-corrected chi connectivity index (χ3v) is 3.64. The molecule has 0 aromatic carbocycles. The summed E-state index contributed by atoms with van der Waals surface area (Å²) >= 11 is 0. The fraction of sp³-hybridized carbons (Fsp3) is 0.533. The number of hydrogen-bond donors (Lipinski definition) is 1. The fourth-order valence-electron chi connectivity index (χ4n) is 2.43. The Hall–Kier alpha value is -1.95. The van der Waals surface area contributed by atoms with Gasteiger partial charge in [0.1, 0.15) is 5.82 Å². The minimum atomic E-state index is -0.139. The molecule has 1 saturated heterocycles. The van der Waals surface area contributed by atoms with E-state index in [9.17, 15) is 0 Å². The van der Waals surface area contributed by atoms with Crippen LogP contribution < -0.4 is 10.6 Å². The van der Waals surface area contributed by atoms with Gasteiger partial charge < -0.3 is 15.2 Å². The van der Waals surface area contributed by atoms with E-state index in [4.69, 9.17) is 10.3 Å². The molecule has 0 amide bonds. The molecule has 1 atom stereocenters. The van der Waals surface area contributed by atoms with Crippen molar-refractivity contribution in [2.75, 3.05) is 18.0 Å². The van der Waals surface area contributed by atoms with E-state index in [1.165, 1.54) is 0 Å². The molecule has 1 fully saturated rings. The smallest absolute Gasteiger partial charge is 0.261 e. The second-order valence-corrected chi connectivity index (χ2v) is 6.54. The molecule has 2 aromatic heterocycles. The summed E-state index contributed by atoms with van der Waals surface area (Å²) in [6.45, 7) is 7.90. The van der Waals surface area contributed by atoms with Crippen molar-refractivity contribution in [1.29, 1.82) is 0 Å². The van der Waals surface area contributed by atoms with E-state index in [2.05, 4.69) is 40.8 Å². The normalized spacial score (nSPS) is 19.2. The van der Waals surface area contributed by atoms with Gasteiger partial charge in [-0.25, -0.2) is 4.98 Å². The van der Waals surface area contributed by atoms with E-state index in [1.54, 1.807) is 6.20 Å². The van der Waals surface area contributed by atoms with Crippen molar-refractivity contribution in [2.24, 2.45) is 5.73 Å². The summed E-state index contributed by atoms with van der Waals surface area (Å²) in [7, 11) is 0. The molecule has 0 bridgehead atoms. The molecule has 2 N–H and O–H groups in total. The van der Waals surface area contributed by atoms with Crippen LogP contribution in [0.4, 0.5) is 5.82 Å². The summed E-state index contributed by atoms with van der Waals surface area (Å²) in [4.78, 5) is 11.2. The average Bonchev–Trinajstić information content (AvgIpc) is 3.06. The lowest BCUT2D eigenvalue weighted by Gasteiger charge is -2.18. The molecule has 0 aliphatic carbocycles. The Morgan fingerprint density at radius 3 is 2.81 bits per heavy atom. The van der Waals surface area contributed by atoms with E-state index in [1.807, 2.05) is 12.1 Å². The van der Waals surface area contributed by atoms with Crippen molar-refractivity contribution < 1.29 is 4.52 Å². The van der Waals surface area contributed by atoms with Gasteiger partial charge in [-0.1, -0.05) is 25.9 Å². The van der Waals surface area contributed by atoms with Gasteiger partial charge in [-0.05, 0) is 18.6 Å². The molecule has 1 unspecified atom stereocenters. The highest BCUT2D eigenvalue weighted by Gasteiger charge is 2.26. The van der Waals surface area contributed by atoms with Gasteiger partial charge in [0, 0.05) is 30.7 Å². The Kier molecular flexibility index (Phi) is 3.41. The monoisotopic (exact) mass is 287 g/mol. The minimum absolute atomic E-state index is 0.139. The largest absolute Gasteiger partial charge is 0.354 e. The Labute approximate surface area is 124 Å². The van der Waals surface area contributed by atoms with Crippen LogP contribution in [-0.4, -0.2) is 34.3 Å². The first-order chi connectivity index (χ1) is 9.95. The second kappa shape index (κ2) is 5.11. The van der Waals surface area contributed by atoms with Gasteiger partial charge in [0.2, 0.25) is 0 Å². The number of nitrogens with two attached hydrogens (primary N) is 1. The van der Waals surface area contributed by atoms with E-state index < -0.39 is 0 Å². The predicted molar refractivity (Wildman–Crippen MR) is 81.0 cm³/mol. The van der Waals surface area contributed by atoms with Crippen LogP contribution >= 0.6 is 0 Å². The molecule has 21 heavy (non-hydrogen) atoms. The van der Waals surface area contributed by atoms with Gasteiger partial charge in [0.05, 0.1) is 5.56 Å². The van der Waals surface area contributed by atoms with E-state index in [-0.39, 0.29) is 11.5 Å². The third-order valence-electron chi connectivity index (χ3n) is 3.64. The molecule has 0 spiro atoms. The minimum Gasteiger partial charge on any atom is -0.354 e. The molecule has 0 saturated carbocycles. The van der Waals surface area contributed by atoms with Gasteiger partial charge in [-0.3, -0.25) is 0 Å². The first kappa shape index (κ1) is 14.0. The fourth-order valence-corrected chi connectivity index (χ4v) is 2.43. The Balaban J connectivity index is 1.97. The molecule has 6 nitrogen and oxygen atoms in total. The Morgan fingerprint density at radius 1 is 1.38 bits per heavy atom. The molecule has 1 aliphatic heterocycles. The van der Waals surface area contributed by atoms with Crippen LogP contribution in [0.5, 0.6) is 0 Å². The van der Waals surface area contributed by atoms with Crippen molar-refractivity contribution in [2.45, 2.75) is 38.6 Å². The number of hydrogen-bond acceptors (Lipinski definition) is 6. The summed E-state index contributed by atoms with van der Waals surface area (Å²) in [6.07, 6.45) is 2.76. The highest BCUT2D eigenvalue weighted by atomic mass is 16.5. The number of rotatable bonds is 2. The second-order valence-electron chi connectivity index (χ2n) is 6.54. The first-order valence-electron chi connectivity index (χ1n) is 7.25. The maximum Gasteiger partial charge on any atom is 0.261 e. The third kappa shape index (κ3) is 2.76. The van der Waals surface area contributed by atoms with Crippen molar-refractivity contribution in [3.8, 4) is 11.5 Å². The highest BCUT2D eigenvalue weighted by molar-refractivity contribution is 5.70. The average molecular weight is 287 g/mol. The molecule has 2 aromatic rings. The Bertz CT molecular complexity index is 631. The van der Waals surface area contributed by atoms with E-state index in [0.717, 1.165) is 30.9 Å². The van der Waals surface area contributed by atoms with Crippen LogP contribution in [-0.2, 0) is 5.41 Å². The lowest BCUT2D eigenvalue weighted by Crippen LogP contribution is -2.27. The van der Waals surface area contributed by atoms with Gasteiger partial charge in [0.25, 0.3) is 5.89 Å². The quantitative estimate of drug-likeness (QED) is 0.909. The lowest BCUT2D eigenvalue weighted by atomic mass is 9.96. The zero-order valence-corrected chi connectivity index (χ0v) is 12.7. The Morgan fingerprint density at radius 2 is 2.19 bits per heavy atom. The molecule has 6 heteroatoms. The summed E-state index contributed by atoms with van der Waals surface area (Å²) < 4.78 is 5.45. The molecule has 112 valence electrons. The maximum atomic E-state index is 5.99. The van der Waals surface area contributed by atoms with Crippen molar-refractivity contribution in [3.05, 3.63) is 24.2 Å². The lowest BCUT2D eigenvalue weighted by molar-refractivity contribution is 0.402.